The van der Waals surface area contributed by atoms with Crippen LogP contribution in [0, 0.1) is 21.4 Å². The van der Waals surface area contributed by atoms with Gasteiger partial charge in [-0.05, 0) is 6.07 Å². The highest BCUT2D eigenvalue weighted by Gasteiger charge is 2.19. The van der Waals surface area contributed by atoms with E-state index in [1.807, 2.05) is 0 Å². The Labute approximate surface area is 88.0 Å². The second-order valence-electron chi connectivity index (χ2n) is 2.65. The van der Waals surface area contributed by atoms with Crippen molar-refractivity contribution in [3.05, 3.63) is 27.8 Å². The number of rotatable bonds is 3. The molecule has 1 rings (SSSR count). The van der Waals surface area contributed by atoms with Gasteiger partial charge in [-0.3, -0.25) is 10.1 Å². The fraction of sp³-hybridized carbons (Fsp3) is 0.125. The average molecular weight is 229 g/mol. The number of nitro groups is 1. The van der Waals surface area contributed by atoms with E-state index in [9.17, 15) is 18.9 Å². The van der Waals surface area contributed by atoms with E-state index in [2.05, 4.69) is 4.74 Å². The summed E-state index contributed by atoms with van der Waals surface area (Å²) in [5.74, 6) is -0.527. The molecule has 0 saturated heterocycles. The number of nitriles is 1. The Balaban J connectivity index is 3.29. The van der Waals surface area contributed by atoms with Gasteiger partial charge in [-0.2, -0.15) is 14.0 Å². The van der Waals surface area contributed by atoms with Crippen molar-refractivity contribution in [2.45, 2.75) is 6.61 Å². The molecule has 2 N–H and O–H groups in total. The van der Waals surface area contributed by atoms with E-state index in [4.69, 9.17) is 11.0 Å². The van der Waals surface area contributed by atoms with E-state index >= 15 is 0 Å². The second-order valence-corrected chi connectivity index (χ2v) is 2.65. The number of nitrogen functional groups attached to an aromatic ring is 1. The van der Waals surface area contributed by atoms with Gasteiger partial charge in [0.05, 0.1) is 16.7 Å². The van der Waals surface area contributed by atoms with Crippen LogP contribution in [0.25, 0.3) is 0 Å². The number of anilines is 1. The quantitative estimate of drug-likeness (QED) is 0.482. The molecule has 84 valence electrons. The van der Waals surface area contributed by atoms with Gasteiger partial charge in [-0.15, -0.1) is 0 Å². The number of hydrogen-bond donors (Lipinski definition) is 1. The molecule has 0 radical (unpaired) electrons. The molecule has 0 amide bonds. The van der Waals surface area contributed by atoms with Crippen LogP contribution in [0.15, 0.2) is 12.1 Å². The summed E-state index contributed by atoms with van der Waals surface area (Å²) in [6.07, 6.45) is 0. The second kappa shape index (κ2) is 4.39. The van der Waals surface area contributed by atoms with Crippen molar-refractivity contribution in [3.8, 4) is 11.8 Å². The summed E-state index contributed by atoms with van der Waals surface area (Å²) < 4.78 is 27.8. The lowest BCUT2D eigenvalue weighted by Gasteiger charge is -2.07. The van der Waals surface area contributed by atoms with Gasteiger partial charge in [0.25, 0.3) is 5.69 Å². The van der Waals surface area contributed by atoms with E-state index in [1.54, 1.807) is 0 Å². The highest BCUT2D eigenvalue weighted by atomic mass is 19.3. The Morgan fingerprint density at radius 2 is 2.19 bits per heavy atom. The fourth-order valence-corrected chi connectivity index (χ4v) is 1.02. The highest BCUT2D eigenvalue weighted by molar-refractivity contribution is 5.64. The number of nitro benzene ring substituents is 1. The summed E-state index contributed by atoms with van der Waals surface area (Å²) in [6, 6.07) is 3.14. The van der Waals surface area contributed by atoms with E-state index in [1.165, 1.54) is 6.07 Å². The van der Waals surface area contributed by atoms with E-state index in [-0.39, 0.29) is 11.3 Å². The van der Waals surface area contributed by atoms with Gasteiger partial charge in [0.1, 0.15) is 11.6 Å². The van der Waals surface area contributed by atoms with Gasteiger partial charge in [-0.25, -0.2) is 0 Å². The Bertz CT molecular complexity index is 470. The number of nitrogens with two attached hydrogens (primary N) is 1. The minimum atomic E-state index is -3.14. The molecular weight excluding hydrogens is 224 g/mol. The van der Waals surface area contributed by atoms with Crippen molar-refractivity contribution in [2.24, 2.45) is 0 Å². The normalized spacial score (nSPS) is 9.88. The zero-order valence-corrected chi connectivity index (χ0v) is 7.68. The Kier molecular flexibility index (Phi) is 3.20. The Hall–Kier alpha value is -2.43. The maximum absolute atomic E-state index is 11.9. The van der Waals surface area contributed by atoms with E-state index in [0.29, 0.717) is 6.07 Å². The summed E-state index contributed by atoms with van der Waals surface area (Å²) in [5.41, 5.74) is 4.07. The Morgan fingerprint density at radius 3 is 2.62 bits per heavy atom. The van der Waals surface area contributed by atoms with E-state index < -0.39 is 23.0 Å². The molecule has 0 heterocycles. The lowest BCUT2D eigenvalue weighted by Crippen LogP contribution is -2.06. The molecule has 6 nitrogen and oxygen atoms in total. The van der Waals surface area contributed by atoms with Crippen LogP contribution in [0.1, 0.15) is 5.56 Å². The van der Waals surface area contributed by atoms with Crippen molar-refractivity contribution in [2.75, 3.05) is 5.73 Å². The summed E-state index contributed by atoms with van der Waals surface area (Å²) >= 11 is 0. The molecule has 0 aliphatic rings. The molecule has 0 unspecified atom stereocenters. The lowest BCUT2D eigenvalue weighted by atomic mass is 10.1. The predicted octanol–water partition coefficient (Wildman–Crippen LogP) is 1.65. The number of nitrogens with zero attached hydrogens (tertiary/aromatic N) is 2. The number of ether oxygens (including phenoxy) is 1. The smallest absolute Gasteiger partial charge is 0.387 e. The van der Waals surface area contributed by atoms with Crippen LogP contribution in [-0.2, 0) is 0 Å². The minimum Gasteiger partial charge on any atom is -0.432 e. The highest BCUT2D eigenvalue weighted by Crippen LogP contribution is 2.31. The van der Waals surface area contributed by atoms with Gasteiger partial charge < -0.3 is 10.5 Å². The molecule has 0 fully saturated rings. The molecule has 0 saturated carbocycles. The Morgan fingerprint density at radius 1 is 1.56 bits per heavy atom. The monoisotopic (exact) mass is 229 g/mol. The van der Waals surface area contributed by atoms with Crippen LogP contribution in [0.3, 0.4) is 0 Å². The number of benzene rings is 1. The van der Waals surface area contributed by atoms with Gasteiger partial charge in [-0.1, -0.05) is 0 Å². The van der Waals surface area contributed by atoms with Crippen molar-refractivity contribution in [1.82, 2.24) is 0 Å². The zero-order valence-electron chi connectivity index (χ0n) is 7.68. The first-order valence-electron chi connectivity index (χ1n) is 3.88. The van der Waals surface area contributed by atoms with Crippen LogP contribution in [0.5, 0.6) is 5.75 Å². The van der Waals surface area contributed by atoms with Crippen LogP contribution in [-0.4, -0.2) is 11.5 Å². The summed E-state index contributed by atoms with van der Waals surface area (Å²) in [5, 5.41) is 19.1. The zero-order chi connectivity index (χ0) is 12.3. The van der Waals surface area contributed by atoms with Crippen molar-refractivity contribution in [1.29, 1.82) is 5.26 Å². The average Bonchev–Trinajstić information content (AvgIpc) is 2.19. The number of hydrogen-bond acceptors (Lipinski definition) is 5. The summed E-state index contributed by atoms with van der Waals surface area (Å²) in [7, 11) is 0. The standard InChI is InChI=1S/C8H5F2N3O3/c9-8(10)16-7-2-6(13(14)15)4(3-11)1-5(7)12/h1-2,8H,12H2. The topological polar surface area (TPSA) is 102 Å². The molecule has 0 bridgehead atoms. The van der Waals surface area contributed by atoms with Gasteiger partial charge in [0.2, 0.25) is 0 Å². The maximum Gasteiger partial charge on any atom is 0.387 e. The molecule has 1 aromatic carbocycles. The third-order valence-electron chi connectivity index (χ3n) is 1.66. The SMILES string of the molecule is N#Cc1cc(N)c(OC(F)F)cc1[N+](=O)[O-]. The molecule has 1 aromatic rings. The van der Waals surface area contributed by atoms with Crippen molar-refractivity contribution < 1.29 is 18.4 Å². The predicted molar refractivity (Wildman–Crippen MR) is 48.9 cm³/mol. The molecule has 0 atom stereocenters. The molecular formula is C8H5F2N3O3. The van der Waals surface area contributed by atoms with Crippen LogP contribution in [0.4, 0.5) is 20.2 Å². The molecule has 0 aliphatic carbocycles. The van der Waals surface area contributed by atoms with Crippen molar-refractivity contribution >= 4 is 11.4 Å². The minimum absolute atomic E-state index is 0.262. The van der Waals surface area contributed by atoms with Crippen LogP contribution >= 0.6 is 0 Å². The largest absolute Gasteiger partial charge is 0.432 e. The first-order chi connectivity index (χ1) is 7.45. The summed E-state index contributed by atoms with van der Waals surface area (Å²) in [4.78, 5) is 9.62. The number of halogens is 2. The maximum atomic E-state index is 11.9. The first-order valence-corrected chi connectivity index (χ1v) is 3.88. The van der Waals surface area contributed by atoms with Crippen LogP contribution in [0.2, 0.25) is 0 Å². The number of alkyl halides is 2. The third-order valence-corrected chi connectivity index (χ3v) is 1.66. The molecule has 0 aromatic heterocycles. The molecule has 0 spiro atoms. The van der Waals surface area contributed by atoms with Gasteiger partial charge in [0, 0.05) is 0 Å². The fourth-order valence-electron chi connectivity index (χ4n) is 1.02. The molecule has 0 aliphatic heterocycles. The lowest BCUT2D eigenvalue weighted by molar-refractivity contribution is -0.385. The molecule has 16 heavy (non-hydrogen) atoms. The van der Waals surface area contributed by atoms with Crippen LogP contribution < -0.4 is 10.5 Å². The summed E-state index contributed by atoms with van der Waals surface area (Å²) in [6.45, 7) is -3.14. The van der Waals surface area contributed by atoms with Gasteiger partial charge >= 0.3 is 6.61 Å². The van der Waals surface area contributed by atoms with E-state index in [0.717, 1.165) is 6.07 Å². The third kappa shape index (κ3) is 2.33. The molecule has 8 heteroatoms. The van der Waals surface area contributed by atoms with Gasteiger partial charge in [0.15, 0.2) is 5.75 Å². The first kappa shape index (κ1) is 11.6. The van der Waals surface area contributed by atoms with Crippen molar-refractivity contribution in [3.63, 3.8) is 0 Å².